The second kappa shape index (κ2) is 2.96. The van der Waals surface area contributed by atoms with Crippen LogP contribution in [0.5, 0.6) is 0 Å². The van der Waals surface area contributed by atoms with E-state index in [0.717, 1.165) is 12.8 Å². The highest BCUT2D eigenvalue weighted by molar-refractivity contribution is 6.00. The average Bonchev–Trinajstić information content (AvgIpc) is 2.25. The van der Waals surface area contributed by atoms with Crippen LogP contribution in [0.1, 0.15) is 19.8 Å². The Morgan fingerprint density at radius 3 is 2.85 bits per heavy atom. The summed E-state index contributed by atoms with van der Waals surface area (Å²) in [5.74, 6) is -0.990. The number of esters is 2. The molecule has 1 heterocycles. The zero-order chi connectivity index (χ0) is 8.77. The van der Waals surface area contributed by atoms with E-state index in [1.54, 1.807) is 13.0 Å². The van der Waals surface area contributed by atoms with Crippen LogP contribution in [0.25, 0.3) is 0 Å². The molecule has 4 heteroatoms. The Balaban J connectivity index is 0.000000845. The van der Waals surface area contributed by atoms with Crippen LogP contribution in [0.3, 0.4) is 0 Å². The number of hydrogen-bond acceptors (Lipinski definition) is 4. The van der Waals surface area contributed by atoms with Crippen molar-refractivity contribution in [2.75, 3.05) is 0 Å². The van der Waals surface area contributed by atoms with Crippen molar-refractivity contribution in [2.24, 2.45) is 11.3 Å². The van der Waals surface area contributed by atoms with Gasteiger partial charge in [0.15, 0.2) is 0 Å². The van der Waals surface area contributed by atoms with Gasteiger partial charge in [0.2, 0.25) is 0 Å². The van der Waals surface area contributed by atoms with Gasteiger partial charge in [-0.05, 0) is 19.8 Å². The first-order valence-corrected chi connectivity index (χ1v) is 4.08. The van der Waals surface area contributed by atoms with Crippen LogP contribution >= 0.6 is 0 Å². The summed E-state index contributed by atoms with van der Waals surface area (Å²) in [5, 5.41) is 0. The number of carbonyl (C=O) groups excluding carboxylic acids is 2. The maximum Gasteiger partial charge on any atom is 0.324 e. The van der Waals surface area contributed by atoms with E-state index in [2.05, 4.69) is 4.74 Å². The topological polar surface area (TPSA) is 78.4 Å². The highest BCUT2D eigenvalue weighted by atomic mass is 16.6. The third kappa shape index (κ3) is 1.18. The minimum absolute atomic E-state index is 0. The van der Waals surface area contributed by atoms with Crippen molar-refractivity contribution in [1.82, 2.24) is 6.15 Å². The molecule has 0 aromatic carbocycles. The first-order chi connectivity index (χ1) is 5.64. The molecule has 1 saturated heterocycles. The molecule has 0 aromatic heterocycles. The molecule has 3 N–H and O–H groups in total. The summed E-state index contributed by atoms with van der Waals surface area (Å²) in [7, 11) is 0. The predicted molar refractivity (Wildman–Crippen MR) is 46.1 cm³/mol. The molecular formula is C9H13NO3. The molecule has 1 fully saturated rings. The van der Waals surface area contributed by atoms with Crippen molar-refractivity contribution in [3.8, 4) is 0 Å². The van der Waals surface area contributed by atoms with Crippen molar-refractivity contribution < 1.29 is 14.3 Å². The lowest BCUT2D eigenvalue weighted by atomic mass is 9.73. The average molecular weight is 183 g/mol. The standard InChI is InChI=1S/C9H10O3.H3N/c1-9-5-3-2-4-6(9)7(10)12-8(9)11;/h3,5-6H,2,4H2,1H3;1H3. The minimum atomic E-state index is -0.671. The van der Waals surface area contributed by atoms with Gasteiger partial charge in [-0.3, -0.25) is 9.59 Å². The van der Waals surface area contributed by atoms with Gasteiger partial charge in [0, 0.05) is 0 Å². The third-order valence-electron chi connectivity index (χ3n) is 2.73. The largest absolute Gasteiger partial charge is 0.392 e. The molecule has 1 aliphatic carbocycles. The summed E-state index contributed by atoms with van der Waals surface area (Å²) in [6.45, 7) is 1.76. The molecular weight excluding hydrogens is 170 g/mol. The normalized spacial score (nSPS) is 36.5. The Morgan fingerprint density at radius 1 is 1.54 bits per heavy atom. The van der Waals surface area contributed by atoms with E-state index in [-0.39, 0.29) is 18.0 Å². The van der Waals surface area contributed by atoms with E-state index in [9.17, 15) is 9.59 Å². The second-order valence-corrected chi connectivity index (χ2v) is 3.52. The van der Waals surface area contributed by atoms with Crippen LogP contribution in [-0.2, 0) is 14.3 Å². The maximum absolute atomic E-state index is 11.2. The second-order valence-electron chi connectivity index (χ2n) is 3.52. The summed E-state index contributed by atoms with van der Waals surface area (Å²) in [6.07, 6.45) is 5.34. The zero-order valence-electron chi connectivity index (χ0n) is 7.58. The fourth-order valence-corrected chi connectivity index (χ4v) is 1.85. The van der Waals surface area contributed by atoms with Gasteiger partial charge in [-0.2, -0.15) is 0 Å². The summed E-state index contributed by atoms with van der Waals surface area (Å²) < 4.78 is 4.58. The van der Waals surface area contributed by atoms with Crippen LogP contribution in [0.4, 0.5) is 0 Å². The molecule has 0 spiro atoms. The molecule has 2 aliphatic rings. The SMILES string of the molecule is CC12C=CCCC1C(=O)OC2=O.N. The zero-order valence-corrected chi connectivity index (χ0v) is 7.58. The first-order valence-electron chi connectivity index (χ1n) is 4.08. The van der Waals surface area contributed by atoms with Gasteiger partial charge in [0.25, 0.3) is 0 Å². The fraction of sp³-hybridized carbons (Fsp3) is 0.556. The summed E-state index contributed by atoms with van der Waals surface area (Å²) in [4.78, 5) is 22.4. The summed E-state index contributed by atoms with van der Waals surface area (Å²) >= 11 is 0. The van der Waals surface area contributed by atoms with E-state index in [1.807, 2.05) is 6.08 Å². The molecule has 72 valence electrons. The molecule has 2 unspecified atom stereocenters. The van der Waals surface area contributed by atoms with Crippen molar-refractivity contribution in [3.05, 3.63) is 12.2 Å². The molecule has 0 bridgehead atoms. The van der Waals surface area contributed by atoms with E-state index in [4.69, 9.17) is 0 Å². The fourth-order valence-electron chi connectivity index (χ4n) is 1.85. The van der Waals surface area contributed by atoms with E-state index < -0.39 is 11.4 Å². The molecule has 0 saturated carbocycles. The van der Waals surface area contributed by atoms with Crippen LogP contribution in [-0.4, -0.2) is 11.9 Å². The minimum Gasteiger partial charge on any atom is -0.392 e. The molecule has 0 aromatic rings. The number of carbonyl (C=O) groups is 2. The van der Waals surface area contributed by atoms with Crippen LogP contribution < -0.4 is 6.15 Å². The van der Waals surface area contributed by atoms with Crippen LogP contribution in [0, 0.1) is 11.3 Å². The Bertz CT molecular complexity index is 285. The van der Waals surface area contributed by atoms with Gasteiger partial charge in [-0.15, -0.1) is 0 Å². The van der Waals surface area contributed by atoms with Crippen molar-refractivity contribution in [3.63, 3.8) is 0 Å². The molecule has 13 heavy (non-hydrogen) atoms. The molecule has 4 nitrogen and oxygen atoms in total. The quantitative estimate of drug-likeness (QED) is 0.347. The number of cyclic esters (lactones) is 2. The van der Waals surface area contributed by atoms with Crippen molar-refractivity contribution in [2.45, 2.75) is 19.8 Å². The Labute approximate surface area is 76.5 Å². The van der Waals surface area contributed by atoms with E-state index in [0.29, 0.717) is 0 Å². The Kier molecular flexibility index (Phi) is 2.26. The van der Waals surface area contributed by atoms with Crippen molar-refractivity contribution in [1.29, 1.82) is 0 Å². The highest BCUT2D eigenvalue weighted by Gasteiger charge is 2.53. The van der Waals surface area contributed by atoms with Crippen LogP contribution in [0.2, 0.25) is 0 Å². The number of rotatable bonds is 0. The molecule has 0 radical (unpaired) electrons. The molecule has 2 atom stereocenters. The lowest BCUT2D eigenvalue weighted by molar-refractivity contribution is -0.154. The van der Waals surface area contributed by atoms with E-state index in [1.165, 1.54) is 0 Å². The smallest absolute Gasteiger partial charge is 0.324 e. The Hall–Kier alpha value is -1.16. The first kappa shape index (κ1) is 9.92. The monoisotopic (exact) mass is 183 g/mol. The molecule has 2 rings (SSSR count). The van der Waals surface area contributed by atoms with Gasteiger partial charge >= 0.3 is 11.9 Å². The number of hydrogen-bond donors (Lipinski definition) is 1. The van der Waals surface area contributed by atoms with Crippen molar-refractivity contribution >= 4 is 11.9 Å². The van der Waals surface area contributed by atoms with Gasteiger partial charge in [0.05, 0.1) is 11.3 Å². The van der Waals surface area contributed by atoms with E-state index >= 15 is 0 Å². The summed E-state index contributed by atoms with van der Waals surface area (Å²) in [6, 6.07) is 0. The van der Waals surface area contributed by atoms with Crippen LogP contribution in [0.15, 0.2) is 12.2 Å². The maximum atomic E-state index is 11.2. The lowest BCUT2D eigenvalue weighted by Crippen LogP contribution is -2.30. The summed E-state index contributed by atoms with van der Waals surface area (Å²) in [5.41, 5.74) is -0.671. The van der Waals surface area contributed by atoms with Gasteiger partial charge in [0.1, 0.15) is 0 Å². The highest BCUT2D eigenvalue weighted by Crippen LogP contribution is 2.42. The lowest BCUT2D eigenvalue weighted by Gasteiger charge is -2.24. The predicted octanol–water partition coefficient (Wildman–Crippen LogP) is 1.20. The number of fused-ring (bicyclic) bond motifs is 1. The third-order valence-corrected chi connectivity index (χ3v) is 2.73. The van der Waals surface area contributed by atoms with Gasteiger partial charge in [-0.25, -0.2) is 0 Å². The number of ether oxygens (including phenoxy) is 1. The Morgan fingerprint density at radius 2 is 2.23 bits per heavy atom. The van der Waals surface area contributed by atoms with Gasteiger partial charge in [-0.1, -0.05) is 12.2 Å². The van der Waals surface area contributed by atoms with Gasteiger partial charge < -0.3 is 10.9 Å². The number of allylic oxidation sites excluding steroid dienone is 1. The molecule has 0 amide bonds. The molecule has 1 aliphatic heterocycles.